The molecule has 2 atom stereocenters. The molecule has 1 aliphatic heterocycles. The number of nitrogens with zero attached hydrogens (tertiary/aromatic N) is 1. The van der Waals surface area contributed by atoms with Gasteiger partial charge in [0, 0.05) is 25.2 Å². The maximum atomic E-state index is 12.3. The van der Waals surface area contributed by atoms with E-state index in [9.17, 15) is 21.6 Å². The van der Waals surface area contributed by atoms with Gasteiger partial charge in [-0.3, -0.25) is 0 Å². The Morgan fingerprint density at radius 2 is 1.60 bits per heavy atom. The van der Waals surface area contributed by atoms with Crippen LogP contribution in [0.2, 0.25) is 0 Å². The van der Waals surface area contributed by atoms with Crippen molar-refractivity contribution in [2.45, 2.75) is 31.4 Å². The first-order valence-corrected chi connectivity index (χ1v) is 5.92. The summed E-state index contributed by atoms with van der Waals surface area (Å²) in [4.78, 5) is 0. The molecule has 0 aromatic heterocycles. The first-order chi connectivity index (χ1) is 6.68. The van der Waals surface area contributed by atoms with Gasteiger partial charge in [0.15, 0.2) is 0 Å². The Hall–Kier alpha value is -0.340. The number of hydrogen-bond acceptors (Lipinski definition) is 3. The molecular formula is C7H13F3N2O2S. The third-order valence-electron chi connectivity index (χ3n) is 2.32. The van der Waals surface area contributed by atoms with Crippen molar-refractivity contribution in [3.63, 3.8) is 0 Å². The Morgan fingerprint density at radius 3 is 1.93 bits per heavy atom. The van der Waals surface area contributed by atoms with E-state index in [1.165, 1.54) is 13.8 Å². The standard InChI is InChI=1S/C7H13F3N2O2S/c1-5-3-11-4-6(2)12(5)15(13,14)7(8,9)10/h5-6,11H,3-4H2,1-2H3. The van der Waals surface area contributed by atoms with Crippen LogP contribution < -0.4 is 5.32 Å². The maximum absolute atomic E-state index is 12.3. The van der Waals surface area contributed by atoms with Gasteiger partial charge in [0.25, 0.3) is 0 Å². The van der Waals surface area contributed by atoms with E-state index < -0.39 is 27.6 Å². The Balaban J connectivity index is 3.04. The maximum Gasteiger partial charge on any atom is 0.511 e. The largest absolute Gasteiger partial charge is 0.511 e. The fraction of sp³-hybridized carbons (Fsp3) is 1.00. The van der Waals surface area contributed by atoms with Crippen molar-refractivity contribution in [3.05, 3.63) is 0 Å². The lowest BCUT2D eigenvalue weighted by atomic mass is 10.2. The van der Waals surface area contributed by atoms with Crippen LogP contribution in [-0.4, -0.2) is 43.4 Å². The van der Waals surface area contributed by atoms with E-state index in [0.29, 0.717) is 4.31 Å². The summed E-state index contributed by atoms with van der Waals surface area (Å²) in [5, 5.41) is 2.86. The minimum absolute atomic E-state index is 0.236. The predicted octanol–water partition coefficient (Wildman–Crippen LogP) is 0.518. The number of sulfonamides is 1. The molecule has 1 heterocycles. The molecule has 1 fully saturated rings. The van der Waals surface area contributed by atoms with Crippen LogP contribution >= 0.6 is 0 Å². The van der Waals surface area contributed by atoms with E-state index in [1.807, 2.05) is 0 Å². The Kier molecular flexibility index (Phi) is 3.32. The minimum Gasteiger partial charge on any atom is -0.314 e. The summed E-state index contributed by atoms with van der Waals surface area (Å²) in [6.07, 6.45) is 0. The highest BCUT2D eigenvalue weighted by atomic mass is 32.2. The Labute approximate surface area is 86.5 Å². The van der Waals surface area contributed by atoms with Gasteiger partial charge in [-0.15, -0.1) is 0 Å². The summed E-state index contributed by atoms with van der Waals surface area (Å²) < 4.78 is 59.9. The van der Waals surface area contributed by atoms with Crippen molar-refractivity contribution in [3.8, 4) is 0 Å². The molecule has 0 aromatic carbocycles. The first kappa shape index (κ1) is 12.7. The molecule has 1 aliphatic rings. The van der Waals surface area contributed by atoms with Crippen molar-refractivity contribution in [1.82, 2.24) is 9.62 Å². The molecule has 0 radical (unpaired) electrons. The molecule has 2 unspecified atom stereocenters. The molecule has 1 rings (SSSR count). The van der Waals surface area contributed by atoms with Crippen molar-refractivity contribution < 1.29 is 21.6 Å². The molecule has 0 saturated carbocycles. The van der Waals surface area contributed by atoms with E-state index in [0.717, 1.165) is 0 Å². The van der Waals surface area contributed by atoms with E-state index in [2.05, 4.69) is 5.32 Å². The Morgan fingerprint density at radius 1 is 1.20 bits per heavy atom. The summed E-state index contributed by atoms with van der Waals surface area (Å²) in [6.45, 7) is 3.37. The highest BCUT2D eigenvalue weighted by Gasteiger charge is 2.53. The molecule has 0 aliphatic carbocycles. The molecule has 0 amide bonds. The third kappa shape index (κ3) is 2.26. The summed E-state index contributed by atoms with van der Waals surface area (Å²) in [5.41, 5.74) is -5.22. The summed E-state index contributed by atoms with van der Waals surface area (Å²) in [6, 6.07) is -1.36. The topological polar surface area (TPSA) is 49.4 Å². The number of hydrogen-bond donors (Lipinski definition) is 1. The monoisotopic (exact) mass is 246 g/mol. The summed E-state index contributed by atoms with van der Waals surface area (Å²) in [7, 11) is -5.20. The second kappa shape index (κ2) is 3.91. The zero-order valence-corrected chi connectivity index (χ0v) is 9.19. The van der Waals surface area contributed by atoms with E-state index in [4.69, 9.17) is 0 Å². The Bertz CT molecular complexity index is 318. The fourth-order valence-corrected chi connectivity index (χ4v) is 3.04. The van der Waals surface area contributed by atoms with Gasteiger partial charge in [0.05, 0.1) is 0 Å². The zero-order chi connectivity index (χ0) is 11.9. The van der Waals surface area contributed by atoms with E-state index in [-0.39, 0.29) is 13.1 Å². The normalized spacial score (nSPS) is 30.5. The van der Waals surface area contributed by atoms with Crippen LogP contribution in [0.3, 0.4) is 0 Å². The molecule has 0 bridgehead atoms. The van der Waals surface area contributed by atoms with Gasteiger partial charge < -0.3 is 5.32 Å². The summed E-state index contributed by atoms with van der Waals surface area (Å²) in [5.74, 6) is 0. The van der Waals surface area contributed by atoms with Gasteiger partial charge in [-0.1, -0.05) is 0 Å². The minimum atomic E-state index is -5.22. The van der Waals surface area contributed by atoms with Crippen molar-refractivity contribution in [2.24, 2.45) is 0 Å². The van der Waals surface area contributed by atoms with Crippen LogP contribution in [0.25, 0.3) is 0 Å². The molecule has 8 heteroatoms. The van der Waals surface area contributed by atoms with Crippen LogP contribution in [0, 0.1) is 0 Å². The highest BCUT2D eigenvalue weighted by molar-refractivity contribution is 7.90. The van der Waals surface area contributed by atoms with Crippen molar-refractivity contribution in [1.29, 1.82) is 0 Å². The lowest BCUT2D eigenvalue weighted by molar-refractivity contribution is -0.0518. The van der Waals surface area contributed by atoms with Crippen molar-refractivity contribution in [2.75, 3.05) is 13.1 Å². The highest BCUT2D eigenvalue weighted by Crippen LogP contribution is 2.30. The van der Waals surface area contributed by atoms with Gasteiger partial charge in [0.1, 0.15) is 0 Å². The van der Waals surface area contributed by atoms with E-state index >= 15 is 0 Å². The van der Waals surface area contributed by atoms with Gasteiger partial charge in [-0.05, 0) is 13.8 Å². The first-order valence-electron chi connectivity index (χ1n) is 4.48. The number of rotatable bonds is 1. The predicted molar refractivity (Wildman–Crippen MR) is 48.6 cm³/mol. The molecule has 1 saturated heterocycles. The van der Waals surface area contributed by atoms with Crippen molar-refractivity contribution >= 4 is 10.0 Å². The fourth-order valence-electron chi connectivity index (χ4n) is 1.71. The molecule has 0 aromatic rings. The number of alkyl halides is 3. The van der Waals surface area contributed by atoms with Crippen LogP contribution in [0.15, 0.2) is 0 Å². The second-order valence-corrected chi connectivity index (χ2v) is 5.47. The smallest absolute Gasteiger partial charge is 0.314 e. The van der Waals surface area contributed by atoms with Gasteiger partial charge in [0.2, 0.25) is 0 Å². The number of piperazine rings is 1. The van der Waals surface area contributed by atoms with Crippen LogP contribution in [0.5, 0.6) is 0 Å². The van der Waals surface area contributed by atoms with Gasteiger partial charge >= 0.3 is 15.5 Å². The molecule has 90 valence electrons. The lowest BCUT2D eigenvalue weighted by Crippen LogP contribution is -2.59. The molecule has 0 spiro atoms. The average molecular weight is 246 g/mol. The quantitative estimate of drug-likeness (QED) is 0.733. The van der Waals surface area contributed by atoms with Crippen LogP contribution in [-0.2, 0) is 10.0 Å². The zero-order valence-electron chi connectivity index (χ0n) is 8.37. The van der Waals surface area contributed by atoms with Crippen LogP contribution in [0.4, 0.5) is 13.2 Å². The lowest BCUT2D eigenvalue weighted by Gasteiger charge is -2.38. The number of halogens is 3. The molecule has 15 heavy (non-hydrogen) atoms. The summed E-state index contributed by atoms with van der Waals surface area (Å²) >= 11 is 0. The molecule has 4 nitrogen and oxygen atoms in total. The molecular weight excluding hydrogens is 233 g/mol. The van der Waals surface area contributed by atoms with E-state index in [1.54, 1.807) is 0 Å². The van der Waals surface area contributed by atoms with Gasteiger partial charge in [-0.25, -0.2) is 8.42 Å². The van der Waals surface area contributed by atoms with Gasteiger partial charge in [-0.2, -0.15) is 17.5 Å². The average Bonchev–Trinajstić information content (AvgIpc) is 2.00. The van der Waals surface area contributed by atoms with Crippen LogP contribution in [0.1, 0.15) is 13.8 Å². The third-order valence-corrected chi connectivity index (χ3v) is 4.18. The molecule has 1 N–H and O–H groups in total. The number of nitrogens with one attached hydrogen (secondary N) is 1. The SMILES string of the molecule is CC1CNCC(C)N1S(=O)(=O)C(F)(F)F. The second-order valence-electron chi connectivity index (χ2n) is 3.64.